The molecule has 0 aliphatic rings. The molecule has 4 heteroatoms. The van der Waals surface area contributed by atoms with Crippen molar-refractivity contribution in [2.24, 2.45) is 0 Å². The fourth-order valence-electron chi connectivity index (χ4n) is 2.36. The molecular formula is C17H31N3O. The van der Waals surface area contributed by atoms with E-state index in [1.165, 1.54) is 0 Å². The van der Waals surface area contributed by atoms with Crippen LogP contribution in [0.5, 0.6) is 0 Å². The maximum atomic E-state index is 5.34. The van der Waals surface area contributed by atoms with E-state index in [1.807, 2.05) is 19.9 Å². The Morgan fingerprint density at radius 3 is 2.81 bits per heavy atom. The number of aromatic nitrogens is 1. The molecule has 0 aromatic carbocycles. The topological polar surface area (TPSA) is 37.4 Å². The van der Waals surface area contributed by atoms with Gasteiger partial charge in [-0.1, -0.05) is 13.0 Å². The van der Waals surface area contributed by atoms with Crippen LogP contribution in [0.1, 0.15) is 38.6 Å². The summed E-state index contributed by atoms with van der Waals surface area (Å²) >= 11 is 0. The van der Waals surface area contributed by atoms with Crippen molar-refractivity contribution in [1.29, 1.82) is 0 Å². The van der Waals surface area contributed by atoms with E-state index in [0.717, 1.165) is 57.2 Å². The zero-order valence-corrected chi connectivity index (χ0v) is 14.1. The van der Waals surface area contributed by atoms with Crippen molar-refractivity contribution < 1.29 is 4.74 Å². The molecule has 0 radical (unpaired) electrons. The van der Waals surface area contributed by atoms with Crippen LogP contribution in [0.2, 0.25) is 0 Å². The van der Waals surface area contributed by atoms with Crippen LogP contribution in [-0.4, -0.2) is 48.8 Å². The van der Waals surface area contributed by atoms with Gasteiger partial charge in [-0.15, -0.1) is 0 Å². The Bertz CT molecular complexity index is 384. The van der Waals surface area contributed by atoms with Crippen molar-refractivity contribution in [3.8, 4) is 0 Å². The Kier molecular flexibility index (Phi) is 9.22. The molecule has 1 atom stereocenters. The summed E-state index contributed by atoms with van der Waals surface area (Å²) in [7, 11) is 0. The summed E-state index contributed by atoms with van der Waals surface area (Å²) in [5, 5.41) is 3.51. The van der Waals surface area contributed by atoms with Gasteiger partial charge >= 0.3 is 0 Å². The Labute approximate surface area is 129 Å². The maximum absolute atomic E-state index is 5.34. The smallest absolute Gasteiger partial charge is 0.0547 e. The van der Waals surface area contributed by atoms with E-state index in [9.17, 15) is 0 Å². The molecule has 0 saturated heterocycles. The van der Waals surface area contributed by atoms with Crippen molar-refractivity contribution in [3.63, 3.8) is 0 Å². The van der Waals surface area contributed by atoms with Gasteiger partial charge in [-0.3, -0.25) is 9.88 Å². The van der Waals surface area contributed by atoms with Crippen molar-refractivity contribution in [2.45, 2.75) is 46.7 Å². The van der Waals surface area contributed by atoms with Gasteiger partial charge in [-0.25, -0.2) is 0 Å². The van der Waals surface area contributed by atoms with E-state index in [2.05, 4.69) is 41.2 Å². The predicted molar refractivity (Wildman–Crippen MR) is 88.5 cm³/mol. The summed E-state index contributed by atoms with van der Waals surface area (Å²) in [5.41, 5.74) is 2.24. The highest BCUT2D eigenvalue weighted by Gasteiger charge is 2.12. The molecule has 4 nitrogen and oxygen atoms in total. The minimum Gasteiger partial charge on any atom is -0.382 e. The summed E-state index contributed by atoms with van der Waals surface area (Å²) in [4.78, 5) is 7.05. The van der Waals surface area contributed by atoms with Gasteiger partial charge in [0, 0.05) is 38.0 Å². The van der Waals surface area contributed by atoms with E-state index < -0.39 is 0 Å². The maximum Gasteiger partial charge on any atom is 0.0547 e. The SMILES string of the molecule is CCOCCCNCC(C)N(CC)Cc1cccc(C)n1. The first-order chi connectivity index (χ1) is 10.2. The van der Waals surface area contributed by atoms with Gasteiger partial charge in [0.25, 0.3) is 0 Å². The molecule has 1 aromatic heterocycles. The average molecular weight is 293 g/mol. The van der Waals surface area contributed by atoms with Gasteiger partial charge in [0.1, 0.15) is 0 Å². The highest BCUT2D eigenvalue weighted by Crippen LogP contribution is 2.06. The zero-order valence-electron chi connectivity index (χ0n) is 14.1. The average Bonchev–Trinajstić information content (AvgIpc) is 2.48. The summed E-state index contributed by atoms with van der Waals surface area (Å²) in [6.45, 7) is 14.2. The van der Waals surface area contributed by atoms with Gasteiger partial charge in [-0.05, 0) is 52.4 Å². The monoisotopic (exact) mass is 293 g/mol. The molecule has 120 valence electrons. The molecule has 0 saturated carbocycles. The highest BCUT2D eigenvalue weighted by atomic mass is 16.5. The number of pyridine rings is 1. The molecule has 1 N–H and O–H groups in total. The van der Waals surface area contributed by atoms with Crippen molar-refractivity contribution in [3.05, 3.63) is 29.6 Å². The summed E-state index contributed by atoms with van der Waals surface area (Å²) in [6.07, 6.45) is 1.08. The normalized spacial score (nSPS) is 12.8. The van der Waals surface area contributed by atoms with Gasteiger partial charge in [0.05, 0.1) is 5.69 Å². The first-order valence-corrected chi connectivity index (χ1v) is 8.12. The minimum atomic E-state index is 0.504. The second-order valence-corrected chi connectivity index (χ2v) is 5.44. The molecule has 1 aromatic rings. The molecule has 0 aliphatic heterocycles. The number of rotatable bonds is 11. The fourth-order valence-corrected chi connectivity index (χ4v) is 2.36. The lowest BCUT2D eigenvalue weighted by atomic mass is 10.2. The molecule has 1 heterocycles. The van der Waals surface area contributed by atoms with Crippen LogP contribution in [0.15, 0.2) is 18.2 Å². The quantitative estimate of drug-likeness (QED) is 0.636. The third kappa shape index (κ3) is 7.55. The number of ether oxygens (including phenoxy) is 1. The van der Waals surface area contributed by atoms with E-state index in [4.69, 9.17) is 4.74 Å². The second kappa shape index (κ2) is 10.7. The van der Waals surface area contributed by atoms with Crippen LogP contribution in [-0.2, 0) is 11.3 Å². The predicted octanol–water partition coefficient (Wildman–Crippen LogP) is 2.62. The summed E-state index contributed by atoms with van der Waals surface area (Å²) in [5.74, 6) is 0. The Balaban J connectivity index is 2.30. The first-order valence-electron chi connectivity index (χ1n) is 8.12. The number of likely N-dealkylation sites (N-methyl/N-ethyl adjacent to an activating group) is 1. The Morgan fingerprint density at radius 2 is 2.14 bits per heavy atom. The molecule has 0 spiro atoms. The van der Waals surface area contributed by atoms with E-state index in [1.54, 1.807) is 0 Å². The first kappa shape index (κ1) is 18.1. The largest absolute Gasteiger partial charge is 0.382 e. The molecule has 1 rings (SSSR count). The molecular weight excluding hydrogens is 262 g/mol. The lowest BCUT2D eigenvalue weighted by Crippen LogP contribution is -2.40. The molecule has 0 fully saturated rings. The van der Waals surface area contributed by atoms with Crippen LogP contribution in [0.4, 0.5) is 0 Å². The van der Waals surface area contributed by atoms with Crippen molar-refractivity contribution in [2.75, 3.05) is 32.8 Å². The molecule has 0 bridgehead atoms. The van der Waals surface area contributed by atoms with Crippen LogP contribution in [0.3, 0.4) is 0 Å². The van der Waals surface area contributed by atoms with E-state index >= 15 is 0 Å². The lowest BCUT2D eigenvalue weighted by Gasteiger charge is -2.28. The number of hydrogen-bond donors (Lipinski definition) is 1. The number of nitrogens with zero attached hydrogens (tertiary/aromatic N) is 2. The lowest BCUT2D eigenvalue weighted by molar-refractivity contribution is 0.143. The second-order valence-electron chi connectivity index (χ2n) is 5.44. The van der Waals surface area contributed by atoms with E-state index in [0.29, 0.717) is 6.04 Å². The van der Waals surface area contributed by atoms with Crippen LogP contribution in [0, 0.1) is 6.92 Å². The molecule has 0 aliphatic carbocycles. The van der Waals surface area contributed by atoms with E-state index in [-0.39, 0.29) is 0 Å². The van der Waals surface area contributed by atoms with Crippen LogP contribution in [0.25, 0.3) is 0 Å². The van der Waals surface area contributed by atoms with Crippen LogP contribution < -0.4 is 5.32 Å². The standard InChI is InChI=1S/C17H31N3O/c1-5-20(14-17-10-7-9-15(3)19-17)16(4)13-18-11-8-12-21-6-2/h7,9-10,16,18H,5-6,8,11-14H2,1-4H3. The Morgan fingerprint density at radius 1 is 1.33 bits per heavy atom. The third-order valence-electron chi connectivity index (χ3n) is 3.63. The summed E-state index contributed by atoms with van der Waals surface area (Å²) in [6, 6.07) is 6.74. The third-order valence-corrected chi connectivity index (χ3v) is 3.63. The van der Waals surface area contributed by atoms with Gasteiger partial charge < -0.3 is 10.1 Å². The molecule has 21 heavy (non-hydrogen) atoms. The zero-order chi connectivity index (χ0) is 15.5. The van der Waals surface area contributed by atoms with Gasteiger partial charge in [0.15, 0.2) is 0 Å². The number of nitrogens with one attached hydrogen (secondary N) is 1. The summed E-state index contributed by atoms with van der Waals surface area (Å²) < 4.78 is 5.34. The van der Waals surface area contributed by atoms with Gasteiger partial charge in [-0.2, -0.15) is 0 Å². The number of hydrogen-bond acceptors (Lipinski definition) is 4. The number of aryl methyl sites for hydroxylation is 1. The van der Waals surface area contributed by atoms with Crippen LogP contribution >= 0.6 is 0 Å². The van der Waals surface area contributed by atoms with Crippen molar-refractivity contribution in [1.82, 2.24) is 15.2 Å². The fraction of sp³-hybridized carbons (Fsp3) is 0.706. The minimum absolute atomic E-state index is 0.504. The Hall–Kier alpha value is -0.970. The highest BCUT2D eigenvalue weighted by molar-refractivity contribution is 5.09. The van der Waals surface area contributed by atoms with Gasteiger partial charge in [0.2, 0.25) is 0 Å². The molecule has 1 unspecified atom stereocenters. The van der Waals surface area contributed by atoms with Crippen molar-refractivity contribution >= 4 is 0 Å². The molecule has 0 amide bonds.